The van der Waals surface area contributed by atoms with Crippen LogP contribution in [0.2, 0.25) is 5.02 Å². The molecular formula is C23H31ClFNO8S. The van der Waals surface area contributed by atoms with Crippen LogP contribution in [0.5, 0.6) is 0 Å². The molecule has 3 N–H and O–H groups in total. The van der Waals surface area contributed by atoms with Crippen molar-refractivity contribution >= 4 is 33.3 Å². The van der Waals surface area contributed by atoms with Crippen LogP contribution in [0.4, 0.5) is 10.1 Å². The Kier molecular flexibility index (Phi) is 8.82. The SMILES string of the molecule is CCOC(=O)C1=CC2(CCC1S(=O)(=O)Nc1ccc(F)cc1Cl)O[C@H]([C@H](O)CC)[C@@H]([C@H](O)CC)O2. The zero-order valence-corrected chi connectivity index (χ0v) is 21.3. The molecule has 5 atom stereocenters. The Morgan fingerprint density at radius 2 is 1.83 bits per heavy atom. The minimum atomic E-state index is -4.24. The highest BCUT2D eigenvalue weighted by atomic mass is 35.5. The van der Waals surface area contributed by atoms with Gasteiger partial charge < -0.3 is 24.4 Å². The third-order valence-corrected chi connectivity index (χ3v) is 8.19. The first-order valence-corrected chi connectivity index (χ1v) is 13.5. The van der Waals surface area contributed by atoms with Crippen molar-refractivity contribution in [1.82, 2.24) is 0 Å². The summed E-state index contributed by atoms with van der Waals surface area (Å²) in [5.74, 6) is -3.03. The van der Waals surface area contributed by atoms with Gasteiger partial charge in [0, 0.05) is 6.42 Å². The fourth-order valence-electron chi connectivity index (χ4n) is 4.28. The Balaban J connectivity index is 1.98. The van der Waals surface area contributed by atoms with Crippen LogP contribution in [0, 0.1) is 5.82 Å². The standard InChI is InChI=1S/C23H31ClFNO8S/c1-4-17(27)20-21(18(28)5-2)34-23(33-20)10-9-19(14(12-23)22(29)32-6-3)35(30,31)26-16-8-7-13(25)11-15(16)24/h7-8,11-12,17-21,26-28H,4-6,9-10H2,1-3H3/t17-,18-,19?,20-,21-/m1/s1. The Morgan fingerprint density at radius 1 is 1.23 bits per heavy atom. The zero-order valence-electron chi connectivity index (χ0n) is 19.7. The largest absolute Gasteiger partial charge is 0.463 e. The molecule has 0 radical (unpaired) electrons. The molecule has 1 spiro atoms. The Labute approximate surface area is 209 Å². The summed E-state index contributed by atoms with van der Waals surface area (Å²) in [5.41, 5.74) is -0.248. The van der Waals surface area contributed by atoms with Crippen LogP contribution in [-0.2, 0) is 29.0 Å². The lowest BCUT2D eigenvalue weighted by molar-refractivity contribution is -0.162. The van der Waals surface area contributed by atoms with E-state index in [0.29, 0.717) is 12.8 Å². The predicted octanol–water partition coefficient (Wildman–Crippen LogP) is 2.89. The van der Waals surface area contributed by atoms with Crippen LogP contribution in [0.15, 0.2) is 29.8 Å². The molecule has 1 saturated heterocycles. The van der Waals surface area contributed by atoms with Crippen LogP contribution in [-0.4, -0.2) is 66.7 Å². The van der Waals surface area contributed by atoms with Crippen LogP contribution in [0.3, 0.4) is 0 Å². The van der Waals surface area contributed by atoms with Crippen LogP contribution in [0.1, 0.15) is 46.5 Å². The number of nitrogens with one attached hydrogen (secondary N) is 1. The first-order valence-electron chi connectivity index (χ1n) is 11.5. The van der Waals surface area contributed by atoms with Crippen LogP contribution >= 0.6 is 11.6 Å². The van der Waals surface area contributed by atoms with Gasteiger partial charge in [0.25, 0.3) is 0 Å². The van der Waals surface area contributed by atoms with Crippen molar-refractivity contribution in [3.63, 3.8) is 0 Å². The summed E-state index contributed by atoms with van der Waals surface area (Å²) < 4.78 is 59.5. The lowest BCUT2D eigenvalue weighted by Gasteiger charge is -2.34. The summed E-state index contributed by atoms with van der Waals surface area (Å²) >= 11 is 5.98. The lowest BCUT2D eigenvalue weighted by atomic mass is 9.94. The number of carbonyl (C=O) groups is 1. The minimum Gasteiger partial charge on any atom is -0.463 e. The maximum Gasteiger partial charge on any atom is 0.335 e. The molecule has 2 aliphatic rings. The number of halogens is 2. The van der Waals surface area contributed by atoms with E-state index in [2.05, 4.69) is 4.72 Å². The van der Waals surface area contributed by atoms with Gasteiger partial charge in [0.1, 0.15) is 23.3 Å². The van der Waals surface area contributed by atoms with E-state index in [1.807, 2.05) is 0 Å². The van der Waals surface area contributed by atoms with E-state index < -0.39 is 57.3 Å². The van der Waals surface area contributed by atoms with Gasteiger partial charge in [-0.25, -0.2) is 17.6 Å². The number of aliphatic hydroxyl groups excluding tert-OH is 2. The van der Waals surface area contributed by atoms with Gasteiger partial charge in [-0.2, -0.15) is 0 Å². The van der Waals surface area contributed by atoms with Crippen molar-refractivity contribution in [2.75, 3.05) is 11.3 Å². The molecule has 0 aromatic heterocycles. The van der Waals surface area contributed by atoms with Gasteiger partial charge in [-0.15, -0.1) is 0 Å². The molecular weight excluding hydrogens is 505 g/mol. The maximum atomic E-state index is 13.4. The molecule has 1 aromatic rings. The smallest absolute Gasteiger partial charge is 0.335 e. The number of hydrogen-bond donors (Lipinski definition) is 3. The lowest BCUT2D eigenvalue weighted by Crippen LogP contribution is -2.43. The highest BCUT2D eigenvalue weighted by Gasteiger charge is 2.54. The summed E-state index contributed by atoms with van der Waals surface area (Å²) in [4.78, 5) is 12.8. The van der Waals surface area contributed by atoms with Crippen molar-refractivity contribution in [2.45, 2.75) is 81.9 Å². The molecule has 1 aliphatic carbocycles. The van der Waals surface area contributed by atoms with Gasteiger partial charge in [0.05, 0.1) is 35.1 Å². The number of aliphatic hydroxyl groups is 2. The number of carbonyl (C=O) groups excluding carboxylic acids is 1. The Bertz CT molecular complexity index is 1050. The molecule has 9 nitrogen and oxygen atoms in total. The summed E-state index contributed by atoms with van der Waals surface area (Å²) in [7, 11) is -4.24. The van der Waals surface area contributed by atoms with Crippen molar-refractivity contribution in [3.8, 4) is 0 Å². The average molecular weight is 536 g/mol. The average Bonchev–Trinajstić information content (AvgIpc) is 3.18. The molecule has 1 fully saturated rings. The molecule has 0 saturated carbocycles. The second-order valence-electron chi connectivity index (χ2n) is 8.55. The summed E-state index contributed by atoms with van der Waals surface area (Å²) in [6, 6.07) is 3.21. The number of benzene rings is 1. The van der Waals surface area contributed by atoms with E-state index in [0.717, 1.165) is 12.1 Å². The molecule has 196 valence electrons. The summed E-state index contributed by atoms with van der Waals surface area (Å²) in [6.45, 7) is 5.10. The van der Waals surface area contributed by atoms with E-state index in [4.69, 9.17) is 25.8 Å². The topological polar surface area (TPSA) is 131 Å². The van der Waals surface area contributed by atoms with Crippen molar-refractivity contribution in [3.05, 3.63) is 40.7 Å². The third kappa shape index (κ3) is 5.98. The first-order chi connectivity index (χ1) is 16.5. The van der Waals surface area contributed by atoms with Gasteiger partial charge in [-0.1, -0.05) is 25.4 Å². The van der Waals surface area contributed by atoms with Crippen molar-refractivity contribution in [1.29, 1.82) is 0 Å². The minimum absolute atomic E-state index is 0.00320. The normalized spacial score (nSPS) is 25.7. The van der Waals surface area contributed by atoms with E-state index in [1.165, 1.54) is 12.1 Å². The number of anilines is 1. The molecule has 1 unspecified atom stereocenters. The number of hydrogen-bond acceptors (Lipinski definition) is 8. The van der Waals surface area contributed by atoms with Gasteiger partial charge in [-0.3, -0.25) is 4.72 Å². The predicted molar refractivity (Wildman–Crippen MR) is 127 cm³/mol. The number of sulfonamides is 1. The summed E-state index contributed by atoms with van der Waals surface area (Å²) in [5, 5.41) is 19.4. The van der Waals surface area contributed by atoms with Crippen LogP contribution < -0.4 is 4.72 Å². The van der Waals surface area contributed by atoms with Crippen molar-refractivity contribution in [2.24, 2.45) is 0 Å². The number of rotatable bonds is 9. The first kappa shape index (κ1) is 27.8. The molecule has 3 rings (SSSR count). The zero-order chi connectivity index (χ0) is 26.0. The van der Waals surface area contributed by atoms with Gasteiger partial charge in [0.15, 0.2) is 5.79 Å². The number of esters is 1. The monoisotopic (exact) mass is 535 g/mol. The molecule has 12 heteroatoms. The maximum absolute atomic E-state index is 13.4. The molecule has 0 bridgehead atoms. The van der Waals surface area contributed by atoms with E-state index in [9.17, 15) is 27.8 Å². The van der Waals surface area contributed by atoms with Crippen molar-refractivity contribution < 1.29 is 42.0 Å². The van der Waals surface area contributed by atoms with E-state index in [1.54, 1.807) is 20.8 Å². The Morgan fingerprint density at radius 3 is 2.34 bits per heavy atom. The second kappa shape index (κ2) is 11.1. The fraction of sp³-hybridized carbons (Fsp3) is 0.609. The third-order valence-electron chi connectivity index (χ3n) is 6.14. The quantitative estimate of drug-likeness (QED) is 0.411. The van der Waals surface area contributed by atoms with E-state index >= 15 is 0 Å². The molecule has 1 heterocycles. The van der Waals surface area contributed by atoms with E-state index in [-0.39, 0.29) is 35.7 Å². The number of ether oxygens (including phenoxy) is 3. The van der Waals surface area contributed by atoms with Gasteiger partial charge in [-0.05, 0) is 50.5 Å². The van der Waals surface area contributed by atoms with Gasteiger partial charge >= 0.3 is 5.97 Å². The fourth-order valence-corrected chi connectivity index (χ4v) is 6.11. The molecule has 1 aliphatic heterocycles. The highest BCUT2D eigenvalue weighted by molar-refractivity contribution is 7.93. The Hall–Kier alpha value is -1.76. The van der Waals surface area contributed by atoms with Gasteiger partial charge in [0.2, 0.25) is 10.0 Å². The molecule has 0 amide bonds. The highest BCUT2D eigenvalue weighted by Crippen LogP contribution is 2.43. The van der Waals surface area contributed by atoms with Crippen LogP contribution in [0.25, 0.3) is 0 Å². The second-order valence-corrected chi connectivity index (χ2v) is 10.8. The molecule has 35 heavy (non-hydrogen) atoms. The summed E-state index contributed by atoms with van der Waals surface area (Å²) in [6.07, 6.45) is -1.76. The molecule has 1 aromatic carbocycles.